The second-order valence-electron chi connectivity index (χ2n) is 6.47. The Morgan fingerprint density at radius 2 is 2.00 bits per heavy atom. The first-order chi connectivity index (χ1) is 11.4. The third-order valence-corrected chi connectivity index (χ3v) is 4.05. The summed E-state index contributed by atoms with van der Waals surface area (Å²) in [5, 5.41) is 7.52. The van der Waals surface area contributed by atoms with Crippen LogP contribution in [0, 0.1) is 19.8 Å². The van der Waals surface area contributed by atoms with Crippen LogP contribution in [0.5, 0.6) is 5.75 Å². The topological polar surface area (TPSA) is 56.1 Å². The molecule has 1 aromatic carbocycles. The van der Waals surface area contributed by atoms with Crippen molar-refractivity contribution in [3.63, 3.8) is 0 Å². The molecule has 0 aliphatic rings. The molecule has 0 saturated heterocycles. The highest BCUT2D eigenvalue weighted by Crippen LogP contribution is 2.23. The van der Waals surface area contributed by atoms with E-state index in [1.807, 2.05) is 35.9 Å². The lowest BCUT2D eigenvalue weighted by Crippen LogP contribution is -2.13. The Kier molecular flexibility index (Phi) is 6.01. The van der Waals surface area contributed by atoms with Crippen molar-refractivity contribution in [3.8, 4) is 5.75 Å². The Bertz CT molecular complexity index is 705. The molecule has 1 aromatic heterocycles. The number of aromatic nitrogens is 2. The van der Waals surface area contributed by atoms with Crippen molar-refractivity contribution in [2.75, 3.05) is 12.4 Å². The fourth-order valence-corrected chi connectivity index (χ4v) is 2.82. The van der Waals surface area contributed by atoms with Gasteiger partial charge in [-0.25, -0.2) is 0 Å². The summed E-state index contributed by atoms with van der Waals surface area (Å²) in [6.07, 6.45) is 1.11. The number of nitrogens with one attached hydrogen (secondary N) is 1. The molecule has 1 amide bonds. The molecule has 2 rings (SSSR count). The largest absolute Gasteiger partial charge is 0.495 e. The maximum absolute atomic E-state index is 12.3. The average Bonchev–Trinajstić information content (AvgIpc) is 2.79. The van der Waals surface area contributed by atoms with E-state index in [0.29, 0.717) is 30.2 Å². The lowest BCUT2D eigenvalue weighted by atomic mass is 10.1. The van der Waals surface area contributed by atoms with E-state index in [1.54, 1.807) is 7.11 Å². The molecule has 1 N–H and O–H groups in total. The molecule has 24 heavy (non-hydrogen) atoms. The third kappa shape index (κ3) is 4.37. The van der Waals surface area contributed by atoms with Crippen LogP contribution in [-0.4, -0.2) is 22.8 Å². The fourth-order valence-electron chi connectivity index (χ4n) is 2.82. The molecule has 0 spiro atoms. The second-order valence-corrected chi connectivity index (χ2v) is 6.47. The molecule has 0 aliphatic heterocycles. The number of carbonyl (C=O) groups excluding carboxylic acids is 1. The van der Waals surface area contributed by atoms with E-state index in [2.05, 4.69) is 31.2 Å². The summed E-state index contributed by atoms with van der Waals surface area (Å²) in [6, 6.07) is 7.43. The van der Waals surface area contributed by atoms with E-state index in [1.165, 1.54) is 5.56 Å². The molecule has 2 aromatic rings. The van der Waals surface area contributed by atoms with Crippen LogP contribution < -0.4 is 10.1 Å². The summed E-state index contributed by atoms with van der Waals surface area (Å²) in [6.45, 7) is 9.35. The molecule has 0 atom stereocenters. The predicted octanol–water partition coefficient (Wildman–Crippen LogP) is 3.74. The van der Waals surface area contributed by atoms with Crippen LogP contribution in [0.25, 0.3) is 0 Å². The number of aryl methyl sites for hydroxylation is 1. The quantitative estimate of drug-likeness (QED) is 0.842. The first-order valence-electron chi connectivity index (χ1n) is 8.38. The monoisotopic (exact) mass is 329 g/mol. The summed E-state index contributed by atoms with van der Waals surface area (Å²) >= 11 is 0. The van der Waals surface area contributed by atoms with Crippen molar-refractivity contribution in [1.29, 1.82) is 0 Å². The van der Waals surface area contributed by atoms with Gasteiger partial charge in [0.15, 0.2) is 0 Å². The van der Waals surface area contributed by atoms with E-state index in [-0.39, 0.29) is 5.91 Å². The van der Waals surface area contributed by atoms with Gasteiger partial charge in [-0.15, -0.1) is 0 Å². The molecule has 0 saturated carbocycles. The van der Waals surface area contributed by atoms with Crippen molar-refractivity contribution < 1.29 is 9.53 Å². The highest BCUT2D eigenvalue weighted by molar-refractivity contribution is 5.92. The van der Waals surface area contributed by atoms with Crippen LogP contribution in [0.4, 0.5) is 5.69 Å². The molecule has 0 bridgehead atoms. The Morgan fingerprint density at radius 3 is 2.67 bits per heavy atom. The summed E-state index contributed by atoms with van der Waals surface area (Å²) in [5.74, 6) is 1.20. The maximum atomic E-state index is 12.3. The number of anilines is 1. The molecule has 1 heterocycles. The molecule has 5 heteroatoms. The summed E-state index contributed by atoms with van der Waals surface area (Å²) in [7, 11) is 1.60. The van der Waals surface area contributed by atoms with Gasteiger partial charge >= 0.3 is 0 Å². The van der Waals surface area contributed by atoms with Gasteiger partial charge < -0.3 is 10.1 Å². The highest BCUT2D eigenvalue weighted by Gasteiger charge is 2.14. The van der Waals surface area contributed by atoms with E-state index in [0.717, 1.165) is 17.9 Å². The number of nitrogens with zero attached hydrogens (tertiary/aromatic N) is 2. The minimum absolute atomic E-state index is 0.0186. The number of para-hydroxylation sites is 2. The molecular weight excluding hydrogens is 302 g/mol. The second kappa shape index (κ2) is 7.99. The van der Waals surface area contributed by atoms with Gasteiger partial charge in [0.1, 0.15) is 5.75 Å². The van der Waals surface area contributed by atoms with Crippen molar-refractivity contribution >= 4 is 11.6 Å². The molecular formula is C19H27N3O2. The van der Waals surface area contributed by atoms with Gasteiger partial charge in [-0.05, 0) is 43.9 Å². The van der Waals surface area contributed by atoms with Gasteiger partial charge in [-0.3, -0.25) is 9.48 Å². The minimum Gasteiger partial charge on any atom is -0.495 e. The van der Waals surface area contributed by atoms with Crippen LogP contribution in [0.3, 0.4) is 0 Å². The van der Waals surface area contributed by atoms with E-state index in [4.69, 9.17) is 4.74 Å². The first-order valence-corrected chi connectivity index (χ1v) is 8.38. The number of rotatable bonds is 7. The zero-order chi connectivity index (χ0) is 17.7. The zero-order valence-electron chi connectivity index (χ0n) is 15.2. The number of benzene rings is 1. The van der Waals surface area contributed by atoms with Crippen molar-refractivity contribution in [2.45, 2.75) is 47.1 Å². The van der Waals surface area contributed by atoms with Crippen molar-refractivity contribution in [3.05, 3.63) is 41.2 Å². The average molecular weight is 329 g/mol. The normalized spacial score (nSPS) is 10.9. The van der Waals surface area contributed by atoms with Crippen molar-refractivity contribution in [1.82, 2.24) is 9.78 Å². The lowest BCUT2D eigenvalue weighted by molar-refractivity contribution is -0.116. The van der Waals surface area contributed by atoms with Gasteiger partial charge in [0.2, 0.25) is 5.91 Å². The third-order valence-electron chi connectivity index (χ3n) is 4.05. The first kappa shape index (κ1) is 18.0. The number of hydrogen-bond donors (Lipinski definition) is 1. The van der Waals surface area contributed by atoms with Crippen LogP contribution >= 0.6 is 0 Å². The number of methoxy groups -OCH3 is 1. The van der Waals surface area contributed by atoms with Gasteiger partial charge in [-0.2, -0.15) is 5.10 Å². The fraction of sp³-hybridized carbons (Fsp3) is 0.474. The SMILES string of the molecule is COc1ccccc1NC(=O)CCc1c(C)nn(CC(C)C)c1C. The van der Waals surface area contributed by atoms with Crippen LogP contribution in [-0.2, 0) is 17.8 Å². The molecule has 5 nitrogen and oxygen atoms in total. The number of amides is 1. The Balaban J connectivity index is 2.00. The molecule has 0 radical (unpaired) electrons. The predicted molar refractivity (Wildman–Crippen MR) is 96.5 cm³/mol. The minimum atomic E-state index is -0.0186. The van der Waals surface area contributed by atoms with E-state index in [9.17, 15) is 4.79 Å². The molecule has 130 valence electrons. The summed E-state index contributed by atoms with van der Waals surface area (Å²) < 4.78 is 7.31. The van der Waals surface area contributed by atoms with Crippen LogP contribution in [0.1, 0.15) is 37.2 Å². The Hall–Kier alpha value is -2.30. The van der Waals surface area contributed by atoms with Gasteiger partial charge in [0, 0.05) is 18.7 Å². The number of carbonyl (C=O) groups is 1. The summed E-state index contributed by atoms with van der Waals surface area (Å²) in [5.41, 5.74) is 4.05. The number of hydrogen-bond acceptors (Lipinski definition) is 3. The number of ether oxygens (including phenoxy) is 1. The molecule has 0 aliphatic carbocycles. The standard InChI is InChI=1S/C19H27N3O2/c1-13(2)12-22-15(4)16(14(3)21-22)10-11-19(23)20-17-8-6-7-9-18(17)24-5/h6-9,13H,10-12H2,1-5H3,(H,20,23). The molecule has 0 fully saturated rings. The zero-order valence-corrected chi connectivity index (χ0v) is 15.2. The smallest absolute Gasteiger partial charge is 0.224 e. The Labute approximate surface area is 144 Å². The summed E-state index contributed by atoms with van der Waals surface area (Å²) in [4.78, 5) is 12.3. The lowest BCUT2D eigenvalue weighted by Gasteiger charge is -2.10. The molecule has 0 unspecified atom stereocenters. The Morgan fingerprint density at radius 1 is 1.29 bits per heavy atom. The van der Waals surface area contributed by atoms with E-state index >= 15 is 0 Å². The maximum Gasteiger partial charge on any atom is 0.224 e. The van der Waals surface area contributed by atoms with Crippen LogP contribution in [0.15, 0.2) is 24.3 Å². The van der Waals surface area contributed by atoms with E-state index < -0.39 is 0 Å². The van der Waals surface area contributed by atoms with Gasteiger partial charge in [0.05, 0.1) is 18.5 Å². The van der Waals surface area contributed by atoms with Crippen LogP contribution in [0.2, 0.25) is 0 Å². The van der Waals surface area contributed by atoms with Gasteiger partial charge in [-0.1, -0.05) is 26.0 Å². The van der Waals surface area contributed by atoms with Crippen molar-refractivity contribution in [2.24, 2.45) is 5.92 Å². The van der Waals surface area contributed by atoms with Gasteiger partial charge in [0.25, 0.3) is 0 Å². The highest BCUT2D eigenvalue weighted by atomic mass is 16.5.